The maximum atomic E-state index is 13.7. The number of nitrogens with two attached hydrogens (primary N) is 1. The van der Waals surface area contributed by atoms with E-state index in [9.17, 15) is 29.4 Å². The van der Waals surface area contributed by atoms with Gasteiger partial charge in [-0.25, -0.2) is 4.79 Å². The number of carboxylic acid groups (broad SMARTS) is 1. The number of phenolic OH excluding ortho intramolecular Hbond substituents is 1. The number of para-hydroxylation sites is 1. The molecule has 0 aliphatic carbocycles. The van der Waals surface area contributed by atoms with Crippen molar-refractivity contribution in [1.29, 1.82) is 0 Å². The Hall–Kier alpha value is -4.03. The number of rotatable bonds is 11. The Morgan fingerprint density at radius 2 is 1.77 bits per heavy atom. The number of likely N-dealkylation sites (tertiary alicyclic amines) is 1. The lowest BCUT2D eigenvalue weighted by Gasteiger charge is -2.30. The molecule has 40 heavy (non-hydrogen) atoms. The van der Waals surface area contributed by atoms with Gasteiger partial charge >= 0.3 is 5.97 Å². The van der Waals surface area contributed by atoms with Crippen LogP contribution >= 0.6 is 12.6 Å². The number of benzene rings is 2. The number of H-pyrrole nitrogens is 1. The Bertz CT molecular complexity index is 1380. The number of amides is 3. The summed E-state index contributed by atoms with van der Waals surface area (Å²) in [6.45, 7) is 0.275. The summed E-state index contributed by atoms with van der Waals surface area (Å²) in [6, 6.07) is 9.64. The fourth-order valence-corrected chi connectivity index (χ4v) is 5.09. The number of aliphatic carboxylic acids is 1. The van der Waals surface area contributed by atoms with Crippen LogP contribution in [-0.2, 0) is 32.0 Å². The van der Waals surface area contributed by atoms with E-state index in [1.807, 2.05) is 24.3 Å². The van der Waals surface area contributed by atoms with E-state index < -0.39 is 47.9 Å². The van der Waals surface area contributed by atoms with E-state index >= 15 is 0 Å². The van der Waals surface area contributed by atoms with Crippen molar-refractivity contribution in [3.05, 3.63) is 65.9 Å². The molecule has 1 aliphatic rings. The molecule has 2 aromatic carbocycles. The Morgan fingerprint density at radius 3 is 2.48 bits per heavy atom. The molecule has 12 heteroatoms. The summed E-state index contributed by atoms with van der Waals surface area (Å²) in [5.74, 6) is -2.66. The number of thiol groups is 1. The van der Waals surface area contributed by atoms with E-state index in [4.69, 9.17) is 5.73 Å². The Kier molecular flexibility index (Phi) is 9.33. The average Bonchev–Trinajstić information content (AvgIpc) is 3.60. The number of aromatic amines is 1. The van der Waals surface area contributed by atoms with Gasteiger partial charge in [0, 0.05) is 42.2 Å². The lowest BCUT2D eigenvalue weighted by atomic mass is 10.0. The van der Waals surface area contributed by atoms with Crippen LogP contribution in [0.1, 0.15) is 24.0 Å². The van der Waals surface area contributed by atoms with Crippen LogP contribution in [0.25, 0.3) is 10.9 Å². The zero-order valence-electron chi connectivity index (χ0n) is 21.7. The monoisotopic (exact) mass is 567 g/mol. The quantitative estimate of drug-likeness (QED) is 0.169. The minimum absolute atomic E-state index is 0.0599. The molecule has 1 fully saturated rings. The van der Waals surface area contributed by atoms with Gasteiger partial charge in [-0.2, -0.15) is 12.6 Å². The summed E-state index contributed by atoms with van der Waals surface area (Å²) in [5.41, 5.74) is 8.10. The summed E-state index contributed by atoms with van der Waals surface area (Å²) in [7, 11) is 0. The molecule has 1 saturated heterocycles. The molecule has 4 rings (SSSR count). The summed E-state index contributed by atoms with van der Waals surface area (Å²) in [5, 5.41) is 25.6. The highest BCUT2D eigenvalue weighted by atomic mass is 32.1. The smallest absolute Gasteiger partial charge is 0.326 e. The number of aromatic hydroxyl groups is 1. The highest BCUT2D eigenvalue weighted by molar-refractivity contribution is 7.80. The summed E-state index contributed by atoms with van der Waals surface area (Å²) in [4.78, 5) is 56.2. The van der Waals surface area contributed by atoms with E-state index in [1.165, 1.54) is 17.0 Å². The predicted molar refractivity (Wildman–Crippen MR) is 152 cm³/mol. The normalized spacial score (nSPS) is 17.2. The van der Waals surface area contributed by atoms with E-state index in [0.717, 1.165) is 16.5 Å². The van der Waals surface area contributed by atoms with Crippen LogP contribution in [0.3, 0.4) is 0 Å². The predicted octanol–water partition coefficient (Wildman–Crippen LogP) is 0.961. The molecule has 0 bridgehead atoms. The Balaban J connectivity index is 1.50. The number of phenols is 1. The molecule has 3 amide bonds. The van der Waals surface area contributed by atoms with Gasteiger partial charge in [0.15, 0.2) is 0 Å². The molecule has 0 radical (unpaired) electrons. The van der Waals surface area contributed by atoms with Crippen molar-refractivity contribution in [1.82, 2.24) is 20.5 Å². The topological polar surface area (TPSA) is 178 Å². The second-order valence-corrected chi connectivity index (χ2v) is 10.2. The summed E-state index contributed by atoms with van der Waals surface area (Å²) >= 11 is 4.06. The van der Waals surface area contributed by atoms with Crippen molar-refractivity contribution in [2.75, 3.05) is 12.3 Å². The zero-order valence-corrected chi connectivity index (χ0v) is 22.6. The third-order valence-corrected chi connectivity index (χ3v) is 7.47. The van der Waals surface area contributed by atoms with Crippen LogP contribution in [0.5, 0.6) is 5.75 Å². The first-order chi connectivity index (χ1) is 19.2. The fraction of sp³-hybridized carbons (Fsp3) is 0.357. The molecule has 0 spiro atoms. The standard InChI is InChI=1S/C28H33N5O6S/c29-20(15-40)25(35)31-22(12-16-7-9-18(34)10-8-16)27(37)33-11-3-6-24(33)26(36)32-23(28(38)39)13-17-14-30-21-5-2-1-4-19(17)21/h1-2,4-5,7-10,14,20,22-24,30,34,40H,3,6,11-13,15,29H2,(H,31,35)(H,32,36)(H,38,39). The Morgan fingerprint density at radius 1 is 1.05 bits per heavy atom. The second kappa shape index (κ2) is 12.9. The number of nitrogens with one attached hydrogen (secondary N) is 3. The number of fused-ring (bicyclic) bond motifs is 1. The average molecular weight is 568 g/mol. The van der Waals surface area contributed by atoms with Crippen LogP contribution in [0.2, 0.25) is 0 Å². The summed E-state index contributed by atoms with van der Waals surface area (Å²) < 4.78 is 0. The van der Waals surface area contributed by atoms with Gasteiger partial charge in [0.2, 0.25) is 17.7 Å². The molecular formula is C28H33N5O6S. The molecule has 1 aromatic heterocycles. The molecule has 0 saturated carbocycles. The number of carbonyl (C=O) groups excluding carboxylic acids is 3. The van der Waals surface area contributed by atoms with Crippen molar-refractivity contribution in [2.45, 2.75) is 49.9 Å². The Labute approximate surface area is 236 Å². The number of carboxylic acids is 1. The molecule has 4 unspecified atom stereocenters. The van der Waals surface area contributed by atoms with Gasteiger partial charge in [-0.15, -0.1) is 0 Å². The molecule has 3 aromatic rings. The molecule has 2 heterocycles. The molecular weight excluding hydrogens is 534 g/mol. The third-order valence-electron chi connectivity index (χ3n) is 7.08. The SMILES string of the molecule is NC(CS)C(=O)NC(Cc1ccc(O)cc1)C(=O)N1CCCC1C(=O)NC(Cc1c[nH]c2ccccc12)C(=O)O. The zero-order chi connectivity index (χ0) is 28.8. The van der Waals surface area contributed by atoms with Gasteiger partial charge in [-0.05, 0) is 42.2 Å². The van der Waals surface area contributed by atoms with Gasteiger partial charge in [-0.1, -0.05) is 30.3 Å². The van der Waals surface area contributed by atoms with E-state index in [0.29, 0.717) is 18.4 Å². The van der Waals surface area contributed by atoms with Crippen LogP contribution in [0.4, 0.5) is 0 Å². The first kappa shape index (κ1) is 29.0. The molecule has 11 nitrogen and oxygen atoms in total. The van der Waals surface area contributed by atoms with Crippen molar-refractivity contribution in [3.63, 3.8) is 0 Å². The second-order valence-electron chi connectivity index (χ2n) is 9.87. The molecule has 7 N–H and O–H groups in total. The number of hydrogen-bond acceptors (Lipinski definition) is 7. The van der Waals surface area contributed by atoms with Gasteiger partial charge in [0.1, 0.15) is 23.9 Å². The first-order valence-electron chi connectivity index (χ1n) is 13.0. The maximum Gasteiger partial charge on any atom is 0.326 e. The minimum atomic E-state index is -1.20. The van der Waals surface area contributed by atoms with Gasteiger partial charge < -0.3 is 36.5 Å². The van der Waals surface area contributed by atoms with Gasteiger partial charge in [0.25, 0.3) is 0 Å². The summed E-state index contributed by atoms with van der Waals surface area (Å²) in [6.07, 6.45) is 2.79. The van der Waals surface area contributed by atoms with Crippen molar-refractivity contribution in [3.8, 4) is 5.75 Å². The third kappa shape index (κ3) is 6.75. The number of carbonyl (C=O) groups is 4. The molecule has 4 atom stereocenters. The highest BCUT2D eigenvalue weighted by Crippen LogP contribution is 2.22. The largest absolute Gasteiger partial charge is 0.508 e. The number of aromatic nitrogens is 1. The first-order valence-corrected chi connectivity index (χ1v) is 13.6. The maximum absolute atomic E-state index is 13.7. The van der Waals surface area contributed by atoms with Crippen LogP contribution in [-0.4, -0.2) is 80.3 Å². The lowest BCUT2D eigenvalue weighted by Crippen LogP contribution is -2.57. The van der Waals surface area contributed by atoms with E-state index in [2.05, 4.69) is 28.2 Å². The van der Waals surface area contributed by atoms with Crippen molar-refractivity contribution >= 4 is 47.2 Å². The van der Waals surface area contributed by atoms with Crippen molar-refractivity contribution < 1.29 is 29.4 Å². The minimum Gasteiger partial charge on any atom is -0.508 e. The molecule has 212 valence electrons. The van der Waals surface area contributed by atoms with E-state index in [1.54, 1.807) is 18.3 Å². The van der Waals surface area contributed by atoms with Crippen molar-refractivity contribution in [2.24, 2.45) is 5.73 Å². The van der Waals surface area contributed by atoms with Crippen LogP contribution < -0.4 is 16.4 Å². The number of hydrogen-bond donors (Lipinski definition) is 7. The number of nitrogens with zero attached hydrogens (tertiary/aromatic N) is 1. The van der Waals surface area contributed by atoms with E-state index in [-0.39, 0.29) is 30.9 Å². The fourth-order valence-electron chi connectivity index (χ4n) is 4.92. The highest BCUT2D eigenvalue weighted by Gasteiger charge is 2.39. The van der Waals surface area contributed by atoms with Gasteiger partial charge in [-0.3, -0.25) is 14.4 Å². The molecule has 1 aliphatic heterocycles. The van der Waals surface area contributed by atoms with Crippen LogP contribution in [0, 0.1) is 0 Å². The van der Waals surface area contributed by atoms with Crippen LogP contribution in [0.15, 0.2) is 54.7 Å². The van der Waals surface area contributed by atoms with Gasteiger partial charge in [0.05, 0.1) is 6.04 Å². The lowest BCUT2D eigenvalue weighted by molar-refractivity contribution is -0.144.